The molecule has 0 saturated carbocycles. The second-order valence-electron chi connectivity index (χ2n) is 9.91. The van der Waals surface area contributed by atoms with Crippen molar-refractivity contribution in [1.29, 1.82) is 0 Å². The molecule has 1 aromatic carbocycles. The van der Waals surface area contributed by atoms with Crippen molar-refractivity contribution < 1.29 is 9.13 Å². The van der Waals surface area contributed by atoms with Crippen molar-refractivity contribution in [3.63, 3.8) is 0 Å². The molecule has 4 heteroatoms. The molecule has 2 rings (SSSR count). The first-order valence-corrected chi connectivity index (χ1v) is 13.8. The summed E-state index contributed by atoms with van der Waals surface area (Å²) in [5.74, 6) is 1.81. The Morgan fingerprint density at radius 2 is 1.38 bits per heavy atom. The number of aryl methyl sites for hydroxylation is 1. The van der Waals surface area contributed by atoms with Crippen molar-refractivity contribution in [3.05, 3.63) is 42.2 Å². The number of hydrogen-bond donors (Lipinski definition) is 0. The summed E-state index contributed by atoms with van der Waals surface area (Å²) in [5.41, 5.74) is 2.15. The Kier molecular flexibility index (Phi) is 14.5. The summed E-state index contributed by atoms with van der Waals surface area (Å²) in [6.45, 7) is 6.71. The van der Waals surface area contributed by atoms with Crippen LogP contribution in [0.5, 0.6) is 5.75 Å². The van der Waals surface area contributed by atoms with E-state index >= 15 is 0 Å². The lowest BCUT2D eigenvalue weighted by atomic mass is 9.98. The minimum atomic E-state index is -0.923. The van der Waals surface area contributed by atoms with Gasteiger partial charge in [0.1, 0.15) is 18.5 Å². The molecule has 0 N–H and O–H groups in total. The molecule has 0 radical (unpaired) electrons. The fourth-order valence-electron chi connectivity index (χ4n) is 4.35. The van der Waals surface area contributed by atoms with E-state index in [9.17, 15) is 4.39 Å². The number of halogens is 1. The van der Waals surface area contributed by atoms with Crippen molar-refractivity contribution in [2.75, 3.05) is 6.61 Å². The average Bonchev–Trinajstić information content (AvgIpc) is 2.85. The fourth-order valence-corrected chi connectivity index (χ4v) is 4.35. The van der Waals surface area contributed by atoms with Crippen LogP contribution in [0, 0.1) is 5.92 Å². The Hall–Kier alpha value is -1.97. The lowest BCUT2D eigenvalue weighted by Gasteiger charge is -2.15. The first-order valence-electron chi connectivity index (χ1n) is 13.8. The summed E-state index contributed by atoms with van der Waals surface area (Å²) in [6.07, 6.45) is 19.9. The van der Waals surface area contributed by atoms with E-state index in [1.807, 2.05) is 36.7 Å². The van der Waals surface area contributed by atoms with Crippen molar-refractivity contribution in [1.82, 2.24) is 9.97 Å². The van der Waals surface area contributed by atoms with Crippen LogP contribution in [0.3, 0.4) is 0 Å². The maximum absolute atomic E-state index is 14.3. The van der Waals surface area contributed by atoms with Gasteiger partial charge in [0.2, 0.25) is 0 Å². The number of nitrogens with zero attached hydrogens (tertiary/aromatic N) is 2. The highest BCUT2D eigenvalue weighted by molar-refractivity contribution is 5.55. The molecule has 2 atom stereocenters. The Balaban J connectivity index is 1.68. The minimum Gasteiger partial charge on any atom is -0.491 e. The maximum atomic E-state index is 14.3. The monoisotopic (exact) mass is 470 g/mol. The molecule has 0 saturated heterocycles. The molecule has 1 heterocycles. The summed E-state index contributed by atoms with van der Waals surface area (Å²) >= 11 is 0. The third-order valence-electron chi connectivity index (χ3n) is 6.53. The van der Waals surface area contributed by atoms with Gasteiger partial charge in [-0.1, -0.05) is 91.4 Å². The molecule has 0 aliphatic heterocycles. The van der Waals surface area contributed by atoms with Crippen LogP contribution >= 0.6 is 0 Å². The van der Waals surface area contributed by atoms with E-state index in [4.69, 9.17) is 4.74 Å². The lowest BCUT2D eigenvalue weighted by Crippen LogP contribution is -2.16. The second kappa shape index (κ2) is 17.5. The number of aromatic nitrogens is 2. The Bertz CT molecular complexity index is 747. The molecule has 0 aliphatic carbocycles. The highest BCUT2D eigenvalue weighted by Crippen LogP contribution is 2.21. The number of hydrogen-bond acceptors (Lipinski definition) is 3. The SMILES string of the molecule is CCCCCCCCCCc1cnc(-c2ccc(OCC(F)CC(C)CCCCC)cc2)nc1. The normalized spacial score (nSPS) is 13.1. The molecule has 2 aromatic rings. The third-order valence-corrected chi connectivity index (χ3v) is 6.53. The predicted octanol–water partition coefficient (Wildman–Crippen LogP) is 9.15. The topological polar surface area (TPSA) is 35.0 Å². The molecule has 0 aliphatic rings. The standard InChI is InChI=1S/C30H47FN2O/c1-4-6-8-9-10-11-12-14-16-26-22-32-30(33-23-26)27-17-19-29(20-18-27)34-24-28(31)21-25(3)15-13-7-5-2/h17-20,22-23,25,28H,4-16,21,24H2,1-3H3. The van der Waals surface area contributed by atoms with Crippen LogP contribution in [0.25, 0.3) is 11.4 Å². The summed E-state index contributed by atoms with van der Waals surface area (Å²) in [7, 11) is 0. The van der Waals surface area contributed by atoms with Crippen molar-refractivity contribution in [2.24, 2.45) is 5.92 Å². The van der Waals surface area contributed by atoms with Crippen LogP contribution in [0.4, 0.5) is 4.39 Å². The molecule has 190 valence electrons. The highest BCUT2D eigenvalue weighted by atomic mass is 19.1. The molecule has 0 fully saturated rings. The molecular weight excluding hydrogens is 423 g/mol. The summed E-state index contributed by atoms with van der Waals surface area (Å²) in [4.78, 5) is 9.11. The zero-order valence-corrected chi connectivity index (χ0v) is 21.9. The van der Waals surface area contributed by atoms with Gasteiger partial charge in [-0.3, -0.25) is 0 Å². The number of unbranched alkanes of at least 4 members (excludes halogenated alkanes) is 9. The van der Waals surface area contributed by atoms with E-state index in [0.29, 0.717) is 18.1 Å². The molecule has 2 unspecified atom stereocenters. The molecule has 1 aromatic heterocycles. The Morgan fingerprint density at radius 1 is 0.794 bits per heavy atom. The van der Waals surface area contributed by atoms with Crippen LogP contribution in [-0.4, -0.2) is 22.7 Å². The van der Waals surface area contributed by atoms with E-state index in [-0.39, 0.29) is 6.61 Å². The predicted molar refractivity (Wildman–Crippen MR) is 142 cm³/mol. The number of alkyl halides is 1. The molecule has 3 nitrogen and oxygen atoms in total. The Morgan fingerprint density at radius 3 is 2.03 bits per heavy atom. The van der Waals surface area contributed by atoms with Crippen LogP contribution < -0.4 is 4.74 Å². The molecule has 34 heavy (non-hydrogen) atoms. The smallest absolute Gasteiger partial charge is 0.159 e. The van der Waals surface area contributed by atoms with Gasteiger partial charge >= 0.3 is 0 Å². The van der Waals surface area contributed by atoms with Crippen molar-refractivity contribution >= 4 is 0 Å². The first kappa shape index (κ1) is 28.3. The summed E-state index contributed by atoms with van der Waals surface area (Å²) in [5, 5.41) is 0. The van der Waals surface area contributed by atoms with Gasteiger partial charge in [0, 0.05) is 18.0 Å². The maximum Gasteiger partial charge on any atom is 0.159 e. The van der Waals surface area contributed by atoms with E-state index in [0.717, 1.165) is 24.2 Å². The van der Waals surface area contributed by atoms with Crippen LogP contribution in [0.2, 0.25) is 0 Å². The van der Waals surface area contributed by atoms with Gasteiger partial charge in [-0.15, -0.1) is 0 Å². The highest BCUT2D eigenvalue weighted by Gasteiger charge is 2.13. The van der Waals surface area contributed by atoms with Crippen LogP contribution in [0.15, 0.2) is 36.7 Å². The second-order valence-corrected chi connectivity index (χ2v) is 9.91. The van der Waals surface area contributed by atoms with Gasteiger partial charge in [-0.2, -0.15) is 0 Å². The third kappa shape index (κ3) is 11.9. The lowest BCUT2D eigenvalue weighted by molar-refractivity contribution is 0.168. The fraction of sp³-hybridized carbons (Fsp3) is 0.667. The number of benzene rings is 1. The summed E-state index contributed by atoms with van der Waals surface area (Å²) in [6, 6.07) is 7.65. The van der Waals surface area contributed by atoms with Gasteiger partial charge in [-0.25, -0.2) is 14.4 Å². The number of rotatable bonds is 19. The zero-order chi connectivity index (χ0) is 24.4. The molecular formula is C30H47FN2O. The van der Waals surface area contributed by atoms with Crippen molar-refractivity contribution in [2.45, 2.75) is 117 Å². The largest absolute Gasteiger partial charge is 0.491 e. The van der Waals surface area contributed by atoms with Gasteiger partial charge in [-0.05, 0) is 55.0 Å². The van der Waals surface area contributed by atoms with Crippen molar-refractivity contribution in [3.8, 4) is 17.1 Å². The molecule has 0 spiro atoms. The first-order chi connectivity index (χ1) is 16.6. The van der Waals surface area contributed by atoms with Gasteiger partial charge < -0.3 is 4.74 Å². The van der Waals surface area contributed by atoms with E-state index in [2.05, 4.69) is 30.7 Å². The van der Waals surface area contributed by atoms with Gasteiger partial charge in [0.15, 0.2) is 5.82 Å². The average molecular weight is 471 g/mol. The van der Waals surface area contributed by atoms with E-state index < -0.39 is 6.17 Å². The quantitative estimate of drug-likeness (QED) is 0.192. The van der Waals surface area contributed by atoms with Gasteiger partial charge in [0.05, 0.1) is 0 Å². The van der Waals surface area contributed by atoms with E-state index in [1.165, 1.54) is 76.2 Å². The van der Waals surface area contributed by atoms with Crippen LogP contribution in [-0.2, 0) is 6.42 Å². The Labute approximate surface area is 208 Å². The van der Waals surface area contributed by atoms with Crippen LogP contribution in [0.1, 0.15) is 110 Å². The van der Waals surface area contributed by atoms with E-state index in [1.54, 1.807) is 0 Å². The molecule has 0 amide bonds. The minimum absolute atomic E-state index is 0.113. The summed E-state index contributed by atoms with van der Waals surface area (Å²) < 4.78 is 20.0. The van der Waals surface area contributed by atoms with Gasteiger partial charge in [0.25, 0.3) is 0 Å². The number of ether oxygens (including phenoxy) is 1. The molecule has 0 bridgehead atoms. The zero-order valence-electron chi connectivity index (χ0n) is 21.9.